The molecule has 1 N–H and O–H groups in total. The van der Waals surface area contributed by atoms with Crippen LogP contribution >= 0.6 is 0 Å². The molecule has 4 aromatic rings. The molecule has 0 saturated heterocycles. The number of pyridine rings is 1. The normalized spacial score (nSPS) is 12.0. The minimum atomic E-state index is -0.705. The molecule has 31 heavy (non-hydrogen) atoms. The molecule has 6 nitrogen and oxygen atoms in total. The van der Waals surface area contributed by atoms with Crippen LogP contribution in [0.1, 0.15) is 30.7 Å². The lowest BCUT2D eigenvalue weighted by atomic mass is 10.1. The number of aromatic nitrogens is 3. The zero-order valence-electron chi connectivity index (χ0n) is 18.2. The summed E-state index contributed by atoms with van der Waals surface area (Å²) >= 11 is 0. The molecule has 2 heterocycles. The van der Waals surface area contributed by atoms with Crippen LogP contribution in [0.15, 0.2) is 60.7 Å². The van der Waals surface area contributed by atoms with E-state index >= 15 is 0 Å². The van der Waals surface area contributed by atoms with Crippen molar-refractivity contribution in [2.24, 2.45) is 0 Å². The van der Waals surface area contributed by atoms with Crippen molar-refractivity contribution in [2.75, 3.05) is 5.32 Å². The number of aryl methyl sites for hydroxylation is 3. The van der Waals surface area contributed by atoms with E-state index < -0.39 is 6.10 Å². The second kappa shape index (κ2) is 8.60. The second-order valence-electron chi connectivity index (χ2n) is 7.57. The van der Waals surface area contributed by atoms with Gasteiger partial charge in [0.2, 0.25) is 5.88 Å². The third kappa shape index (κ3) is 4.14. The van der Waals surface area contributed by atoms with Crippen LogP contribution in [0.3, 0.4) is 0 Å². The van der Waals surface area contributed by atoms with Crippen molar-refractivity contribution in [3.8, 4) is 11.6 Å². The number of para-hydroxylation sites is 2. The SMILES string of the molecule is CCc1ccccc1NC(=O)C(C)Oc1cc(C)c2c(C)nn(-c3ccccc3)c2n1. The Morgan fingerprint density at radius 3 is 2.55 bits per heavy atom. The summed E-state index contributed by atoms with van der Waals surface area (Å²) in [5, 5.41) is 8.63. The molecule has 1 unspecified atom stereocenters. The van der Waals surface area contributed by atoms with E-state index in [0.29, 0.717) is 11.5 Å². The van der Waals surface area contributed by atoms with E-state index in [4.69, 9.17) is 9.72 Å². The molecule has 0 radical (unpaired) electrons. The number of hydrogen-bond donors (Lipinski definition) is 1. The first-order valence-electron chi connectivity index (χ1n) is 10.5. The van der Waals surface area contributed by atoms with Gasteiger partial charge < -0.3 is 10.1 Å². The zero-order chi connectivity index (χ0) is 22.0. The largest absolute Gasteiger partial charge is 0.464 e. The molecule has 158 valence electrons. The first-order chi connectivity index (χ1) is 15.0. The zero-order valence-corrected chi connectivity index (χ0v) is 18.2. The lowest BCUT2D eigenvalue weighted by Gasteiger charge is -2.16. The number of hydrogen-bond acceptors (Lipinski definition) is 4. The Bertz CT molecular complexity index is 1230. The summed E-state index contributed by atoms with van der Waals surface area (Å²) in [6, 6.07) is 19.5. The Balaban J connectivity index is 1.62. The Hall–Kier alpha value is -3.67. The maximum absolute atomic E-state index is 12.7. The van der Waals surface area contributed by atoms with Gasteiger partial charge in [0.25, 0.3) is 5.91 Å². The molecule has 1 atom stereocenters. The summed E-state index contributed by atoms with van der Waals surface area (Å²) in [5.74, 6) is 0.182. The number of fused-ring (bicyclic) bond motifs is 1. The van der Waals surface area contributed by atoms with E-state index in [1.54, 1.807) is 6.92 Å². The van der Waals surface area contributed by atoms with E-state index in [1.165, 1.54) is 0 Å². The van der Waals surface area contributed by atoms with Crippen molar-refractivity contribution in [1.29, 1.82) is 0 Å². The molecule has 6 heteroatoms. The topological polar surface area (TPSA) is 69.0 Å². The third-order valence-corrected chi connectivity index (χ3v) is 5.31. The maximum Gasteiger partial charge on any atom is 0.265 e. The molecule has 0 fully saturated rings. The van der Waals surface area contributed by atoms with Gasteiger partial charge in [0, 0.05) is 17.1 Å². The Morgan fingerprint density at radius 2 is 1.81 bits per heavy atom. The van der Waals surface area contributed by atoms with Gasteiger partial charge in [-0.1, -0.05) is 43.3 Å². The predicted octanol–water partition coefficient (Wildman–Crippen LogP) is 5.01. The Morgan fingerprint density at radius 1 is 1.10 bits per heavy atom. The number of benzene rings is 2. The van der Waals surface area contributed by atoms with Crippen LogP contribution in [0.4, 0.5) is 5.69 Å². The van der Waals surface area contributed by atoms with E-state index in [9.17, 15) is 4.79 Å². The molecule has 2 aromatic carbocycles. The summed E-state index contributed by atoms with van der Waals surface area (Å²) in [5.41, 5.74) is 5.43. The molecular weight excluding hydrogens is 388 g/mol. The molecule has 4 rings (SSSR count). The molecule has 0 aliphatic rings. The van der Waals surface area contributed by atoms with E-state index in [0.717, 1.165) is 40.0 Å². The van der Waals surface area contributed by atoms with Crippen LogP contribution < -0.4 is 10.1 Å². The average Bonchev–Trinajstić information content (AvgIpc) is 3.11. The third-order valence-electron chi connectivity index (χ3n) is 5.31. The minimum absolute atomic E-state index is 0.215. The molecule has 0 bridgehead atoms. The molecule has 0 aliphatic carbocycles. The lowest BCUT2D eigenvalue weighted by molar-refractivity contribution is -0.122. The van der Waals surface area contributed by atoms with Crippen molar-refractivity contribution in [1.82, 2.24) is 14.8 Å². The highest BCUT2D eigenvalue weighted by atomic mass is 16.5. The molecule has 1 amide bonds. The van der Waals surface area contributed by atoms with Crippen molar-refractivity contribution < 1.29 is 9.53 Å². The molecule has 2 aromatic heterocycles. The van der Waals surface area contributed by atoms with Crippen LogP contribution in [-0.4, -0.2) is 26.8 Å². The molecule has 0 aliphatic heterocycles. The minimum Gasteiger partial charge on any atom is -0.464 e. The van der Waals surface area contributed by atoms with Crippen LogP contribution in [-0.2, 0) is 11.2 Å². The van der Waals surface area contributed by atoms with E-state index in [1.807, 2.05) is 79.2 Å². The predicted molar refractivity (Wildman–Crippen MR) is 123 cm³/mol. The average molecular weight is 415 g/mol. The highest BCUT2D eigenvalue weighted by Gasteiger charge is 2.19. The number of amides is 1. The van der Waals surface area contributed by atoms with Crippen molar-refractivity contribution in [3.05, 3.63) is 77.5 Å². The van der Waals surface area contributed by atoms with Gasteiger partial charge in [-0.05, 0) is 56.5 Å². The highest BCUT2D eigenvalue weighted by Crippen LogP contribution is 2.27. The number of ether oxygens (including phenoxy) is 1. The lowest BCUT2D eigenvalue weighted by Crippen LogP contribution is -2.30. The van der Waals surface area contributed by atoms with Gasteiger partial charge in [0.1, 0.15) is 0 Å². The number of carbonyl (C=O) groups excluding carboxylic acids is 1. The summed E-state index contributed by atoms with van der Waals surface area (Å²) < 4.78 is 7.76. The van der Waals surface area contributed by atoms with Gasteiger partial charge in [-0.3, -0.25) is 4.79 Å². The number of nitrogens with one attached hydrogen (secondary N) is 1. The first-order valence-corrected chi connectivity index (χ1v) is 10.5. The van der Waals surface area contributed by atoms with Gasteiger partial charge in [-0.15, -0.1) is 0 Å². The summed E-state index contributed by atoms with van der Waals surface area (Å²) in [6.07, 6.45) is 0.134. The quantitative estimate of drug-likeness (QED) is 0.482. The fourth-order valence-electron chi connectivity index (χ4n) is 3.70. The summed E-state index contributed by atoms with van der Waals surface area (Å²) in [6.45, 7) is 7.76. The smallest absolute Gasteiger partial charge is 0.265 e. The second-order valence-corrected chi connectivity index (χ2v) is 7.57. The number of nitrogens with zero attached hydrogens (tertiary/aromatic N) is 3. The fraction of sp³-hybridized carbons (Fsp3) is 0.240. The number of rotatable bonds is 6. The Labute approximate surface area is 181 Å². The van der Waals surface area contributed by atoms with Crippen LogP contribution in [0.5, 0.6) is 5.88 Å². The van der Waals surface area contributed by atoms with Gasteiger partial charge >= 0.3 is 0 Å². The first kappa shape index (κ1) is 20.6. The number of anilines is 1. The number of carbonyl (C=O) groups is 1. The van der Waals surface area contributed by atoms with Gasteiger partial charge in [0.05, 0.1) is 11.4 Å². The van der Waals surface area contributed by atoms with Crippen molar-refractivity contribution in [2.45, 2.75) is 40.2 Å². The molecular formula is C25H26N4O2. The van der Waals surface area contributed by atoms with Crippen LogP contribution in [0.2, 0.25) is 0 Å². The monoisotopic (exact) mass is 414 g/mol. The van der Waals surface area contributed by atoms with Crippen LogP contribution in [0.25, 0.3) is 16.7 Å². The highest BCUT2D eigenvalue weighted by molar-refractivity contribution is 5.94. The molecule has 0 saturated carbocycles. The summed E-state index contributed by atoms with van der Waals surface area (Å²) in [7, 11) is 0. The summed E-state index contributed by atoms with van der Waals surface area (Å²) in [4.78, 5) is 17.4. The fourth-order valence-corrected chi connectivity index (χ4v) is 3.70. The van der Waals surface area contributed by atoms with Crippen molar-refractivity contribution in [3.63, 3.8) is 0 Å². The molecule has 0 spiro atoms. The van der Waals surface area contributed by atoms with Gasteiger partial charge in [-0.2, -0.15) is 10.1 Å². The van der Waals surface area contributed by atoms with Gasteiger partial charge in [-0.25, -0.2) is 4.68 Å². The van der Waals surface area contributed by atoms with Gasteiger partial charge in [0.15, 0.2) is 11.8 Å². The Kier molecular flexibility index (Phi) is 5.71. The van der Waals surface area contributed by atoms with E-state index in [2.05, 4.69) is 17.3 Å². The van der Waals surface area contributed by atoms with Crippen molar-refractivity contribution >= 4 is 22.6 Å². The van der Waals surface area contributed by atoms with Crippen LogP contribution in [0, 0.1) is 13.8 Å². The van der Waals surface area contributed by atoms with E-state index in [-0.39, 0.29) is 5.91 Å². The maximum atomic E-state index is 12.7. The standard InChI is InChI=1S/C25H26N4O2/c1-5-19-11-9-10-14-21(19)26-25(30)18(4)31-22-15-16(2)23-17(3)28-29(24(23)27-22)20-12-7-6-8-13-20/h6-15,18H,5H2,1-4H3,(H,26,30).